The van der Waals surface area contributed by atoms with Crippen molar-refractivity contribution in [3.63, 3.8) is 0 Å². The summed E-state index contributed by atoms with van der Waals surface area (Å²) in [5.74, 6) is 2.25. The van der Waals surface area contributed by atoms with E-state index in [4.69, 9.17) is 4.74 Å². The summed E-state index contributed by atoms with van der Waals surface area (Å²) in [4.78, 5) is 0. The van der Waals surface area contributed by atoms with Gasteiger partial charge >= 0.3 is 0 Å². The highest BCUT2D eigenvalue weighted by Crippen LogP contribution is 2.21. The zero-order chi connectivity index (χ0) is 12.5. The molecular weight excluding hydrogens is 228 g/mol. The molecule has 2 aliphatic rings. The molecule has 5 nitrogen and oxygen atoms in total. The summed E-state index contributed by atoms with van der Waals surface area (Å²) in [6.07, 6.45) is 4.83. The number of rotatable bonds is 3. The third-order valence-corrected chi connectivity index (χ3v) is 4.00. The van der Waals surface area contributed by atoms with Gasteiger partial charge in [-0.1, -0.05) is 0 Å². The molecule has 100 valence electrons. The maximum atomic E-state index is 5.58. The van der Waals surface area contributed by atoms with E-state index in [1.54, 1.807) is 0 Å². The van der Waals surface area contributed by atoms with Crippen molar-refractivity contribution in [2.75, 3.05) is 6.61 Å². The van der Waals surface area contributed by atoms with E-state index in [1.807, 2.05) is 0 Å². The monoisotopic (exact) mass is 250 g/mol. The molecule has 3 unspecified atom stereocenters. The van der Waals surface area contributed by atoms with Gasteiger partial charge in [-0.3, -0.25) is 0 Å². The van der Waals surface area contributed by atoms with E-state index < -0.39 is 0 Å². The number of hydrogen-bond acceptors (Lipinski definition) is 4. The molecule has 0 aromatic carbocycles. The van der Waals surface area contributed by atoms with Crippen LogP contribution in [0.15, 0.2) is 0 Å². The van der Waals surface area contributed by atoms with Crippen LogP contribution >= 0.6 is 0 Å². The molecular formula is C13H22N4O. The second-order valence-corrected chi connectivity index (χ2v) is 5.52. The Morgan fingerprint density at radius 3 is 3.17 bits per heavy atom. The topological polar surface area (TPSA) is 52.0 Å². The Hall–Kier alpha value is -0.940. The zero-order valence-electron chi connectivity index (χ0n) is 11.2. The van der Waals surface area contributed by atoms with Crippen LogP contribution in [0.3, 0.4) is 0 Å². The van der Waals surface area contributed by atoms with Gasteiger partial charge in [0.05, 0.1) is 12.1 Å². The van der Waals surface area contributed by atoms with Crippen molar-refractivity contribution >= 4 is 0 Å². The molecule has 1 aromatic heterocycles. The van der Waals surface area contributed by atoms with E-state index in [0.29, 0.717) is 12.1 Å². The third-order valence-electron chi connectivity index (χ3n) is 4.00. The first-order chi connectivity index (χ1) is 8.74. The maximum Gasteiger partial charge on any atom is 0.149 e. The quantitative estimate of drug-likeness (QED) is 0.882. The first-order valence-corrected chi connectivity index (χ1v) is 7.03. The van der Waals surface area contributed by atoms with Crippen molar-refractivity contribution in [3.8, 4) is 0 Å². The van der Waals surface area contributed by atoms with Gasteiger partial charge in [0, 0.05) is 25.6 Å². The number of aromatic nitrogens is 3. The maximum absolute atomic E-state index is 5.58. The molecule has 1 aromatic rings. The van der Waals surface area contributed by atoms with Gasteiger partial charge in [-0.05, 0) is 33.1 Å². The van der Waals surface area contributed by atoms with Crippen LogP contribution in [0, 0.1) is 0 Å². The van der Waals surface area contributed by atoms with Crippen molar-refractivity contribution in [2.24, 2.45) is 0 Å². The molecule has 0 saturated carbocycles. The largest absolute Gasteiger partial charge is 0.378 e. The lowest BCUT2D eigenvalue weighted by atomic mass is 10.0. The third kappa shape index (κ3) is 2.29. The zero-order valence-corrected chi connectivity index (χ0v) is 11.2. The Morgan fingerprint density at radius 2 is 2.33 bits per heavy atom. The number of fused-ring (bicyclic) bond motifs is 1. The van der Waals surface area contributed by atoms with E-state index >= 15 is 0 Å². The Labute approximate surface area is 108 Å². The summed E-state index contributed by atoms with van der Waals surface area (Å²) in [5, 5.41) is 12.3. The highest BCUT2D eigenvalue weighted by Gasteiger charge is 2.25. The number of nitrogens with zero attached hydrogens (tertiary/aromatic N) is 3. The molecule has 0 spiro atoms. The second-order valence-electron chi connectivity index (χ2n) is 5.52. The highest BCUT2D eigenvalue weighted by molar-refractivity contribution is 5.04. The van der Waals surface area contributed by atoms with Crippen molar-refractivity contribution in [2.45, 2.75) is 64.3 Å². The molecule has 1 fully saturated rings. The summed E-state index contributed by atoms with van der Waals surface area (Å²) in [6, 6.07) is 0.817. The van der Waals surface area contributed by atoms with Crippen LogP contribution in [0.4, 0.5) is 0 Å². The van der Waals surface area contributed by atoms with Crippen molar-refractivity contribution in [1.82, 2.24) is 20.1 Å². The van der Waals surface area contributed by atoms with E-state index in [2.05, 4.69) is 33.9 Å². The fraction of sp³-hybridized carbons (Fsp3) is 0.846. The summed E-state index contributed by atoms with van der Waals surface area (Å²) < 4.78 is 7.86. The van der Waals surface area contributed by atoms with Crippen LogP contribution in [0.25, 0.3) is 0 Å². The van der Waals surface area contributed by atoms with E-state index in [9.17, 15) is 0 Å². The molecule has 5 heteroatoms. The molecule has 0 amide bonds. The molecule has 0 radical (unpaired) electrons. The fourth-order valence-electron chi connectivity index (χ4n) is 3.07. The smallest absolute Gasteiger partial charge is 0.149 e. The van der Waals surface area contributed by atoms with E-state index in [0.717, 1.165) is 44.1 Å². The average molecular weight is 250 g/mol. The highest BCUT2D eigenvalue weighted by atomic mass is 16.5. The summed E-state index contributed by atoms with van der Waals surface area (Å²) >= 11 is 0. The molecule has 3 rings (SSSR count). The van der Waals surface area contributed by atoms with Crippen LogP contribution in [0.1, 0.15) is 50.8 Å². The number of ether oxygens (including phenoxy) is 1. The van der Waals surface area contributed by atoms with Gasteiger partial charge in [0.15, 0.2) is 0 Å². The van der Waals surface area contributed by atoms with E-state index in [1.165, 1.54) is 6.42 Å². The molecule has 3 heterocycles. The predicted molar refractivity (Wildman–Crippen MR) is 68.3 cm³/mol. The van der Waals surface area contributed by atoms with Crippen LogP contribution in [0.5, 0.6) is 0 Å². The number of hydrogen-bond donors (Lipinski definition) is 1. The molecule has 0 aliphatic carbocycles. The average Bonchev–Trinajstić information content (AvgIpc) is 2.89. The predicted octanol–water partition coefficient (Wildman–Crippen LogP) is 1.44. The first-order valence-electron chi connectivity index (χ1n) is 7.03. The lowest BCUT2D eigenvalue weighted by Crippen LogP contribution is -2.39. The number of nitrogens with one attached hydrogen (secondary N) is 1. The van der Waals surface area contributed by atoms with Crippen molar-refractivity contribution < 1.29 is 4.74 Å². The van der Waals surface area contributed by atoms with Gasteiger partial charge in [0.1, 0.15) is 11.6 Å². The van der Waals surface area contributed by atoms with Gasteiger partial charge in [-0.2, -0.15) is 0 Å². The minimum Gasteiger partial charge on any atom is -0.378 e. The molecule has 1 N–H and O–H groups in total. The molecule has 18 heavy (non-hydrogen) atoms. The normalized spacial score (nSPS) is 29.2. The fourth-order valence-corrected chi connectivity index (χ4v) is 3.07. The van der Waals surface area contributed by atoms with Gasteiger partial charge in [-0.25, -0.2) is 0 Å². The molecule has 2 aliphatic heterocycles. The molecule has 0 bridgehead atoms. The van der Waals surface area contributed by atoms with Crippen LogP contribution in [0.2, 0.25) is 0 Å². The summed E-state index contributed by atoms with van der Waals surface area (Å²) in [7, 11) is 0. The van der Waals surface area contributed by atoms with E-state index in [-0.39, 0.29) is 6.04 Å². The van der Waals surface area contributed by atoms with Crippen molar-refractivity contribution in [1.29, 1.82) is 0 Å². The standard InChI is InChI=1S/C13H22N4O/c1-9-8-11(5-7-18-9)14-10(2)13-16-15-12-4-3-6-17(12)13/h9-11,14H,3-8H2,1-2H3. The SMILES string of the molecule is CC1CC(NC(C)c2nnc3n2CCC3)CCO1. The lowest BCUT2D eigenvalue weighted by Gasteiger charge is -2.30. The van der Waals surface area contributed by atoms with Gasteiger partial charge < -0.3 is 14.6 Å². The molecule has 3 atom stereocenters. The van der Waals surface area contributed by atoms with Gasteiger partial charge in [-0.15, -0.1) is 10.2 Å². The Kier molecular flexibility index (Phi) is 3.35. The minimum atomic E-state index is 0.277. The van der Waals surface area contributed by atoms with Crippen LogP contribution in [-0.2, 0) is 17.7 Å². The lowest BCUT2D eigenvalue weighted by molar-refractivity contribution is 0.0113. The minimum absolute atomic E-state index is 0.277. The summed E-state index contributed by atoms with van der Waals surface area (Å²) in [5.41, 5.74) is 0. The van der Waals surface area contributed by atoms with Gasteiger partial charge in [0.2, 0.25) is 0 Å². The summed E-state index contributed by atoms with van der Waals surface area (Å²) in [6.45, 7) is 6.28. The Balaban J connectivity index is 1.65. The van der Waals surface area contributed by atoms with Crippen LogP contribution < -0.4 is 5.32 Å². The molecule has 1 saturated heterocycles. The Bertz CT molecular complexity index is 417. The van der Waals surface area contributed by atoms with Crippen molar-refractivity contribution in [3.05, 3.63) is 11.6 Å². The Morgan fingerprint density at radius 1 is 1.44 bits per heavy atom. The van der Waals surface area contributed by atoms with Crippen LogP contribution in [-0.4, -0.2) is 33.5 Å². The number of aryl methyl sites for hydroxylation is 1. The second kappa shape index (κ2) is 4.97. The van der Waals surface area contributed by atoms with Gasteiger partial charge in [0.25, 0.3) is 0 Å². The first kappa shape index (κ1) is 12.1.